The zero-order chi connectivity index (χ0) is 15.5. The number of halogens is 1. The third-order valence-electron chi connectivity index (χ3n) is 3.69. The molecule has 120 valence electrons. The molecule has 0 unspecified atom stereocenters. The van der Waals surface area contributed by atoms with E-state index in [0.717, 1.165) is 12.8 Å². The highest BCUT2D eigenvalue weighted by Gasteiger charge is 2.07. The van der Waals surface area contributed by atoms with Crippen LogP contribution in [0.2, 0.25) is 0 Å². The van der Waals surface area contributed by atoms with E-state index in [0.29, 0.717) is 12.2 Å². The zero-order valence-corrected chi connectivity index (χ0v) is 13.4. The van der Waals surface area contributed by atoms with Crippen LogP contribution in [0.5, 0.6) is 5.75 Å². The molecular weight excluding hydrogens is 267 g/mol. The van der Waals surface area contributed by atoms with Crippen LogP contribution in [0.25, 0.3) is 0 Å². The smallest absolute Gasteiger partial charge is 0.165 e. The summed E-state index contributed by atoms with van der Waals surface area (Å²) in [6, 6.07) is 4.65. The summed E-state index contributed by atoms with van der Waals surface area (Å²) in [6.07, 6.45) is 9.26. The first-order valence-corrected chi connectivity index (χ1v) is 8.25. The van der Waals surface area contributed by atoms with E-state index in [-0.39, 0.29) is 5.75 Å². The molecule has 0 spiro atoms. The molecule has 0 saturated carbocycles. The Labute approximate surface area is 128 Å². The molecule has 1 rings (SSSR count). The van der Waals surface area contributed by atoms with Gasteiger partial charge in [0.2, 0.25) is 0 Å². The summed E-state index contributed by atoms with van der Waals surface area (Å²) in [5.74, 6) is -0.115. The van der Waals surface area contributed by atoms with Crippen molar-refractivity contribution < 1.29 is 14.2 Å². The van der Waals surface area contributed by atoms with Crippen molar-refractivity contribution >= 4 is 0 Å². The number of hydrogen-bond acceptors (Lipinski definition) is 2. The minimum absolute atomic E-state index is 0.280. The average Bonchev–Trinajstić information content (AvgIpc) is 2.46. The SMILES string of the molecule is CCCCCCCCCCOc1ccc([C@@H](C)O)cc1F. The lowest BCUT2D eigenvalue weighted by Gasteiger charge is -2.10. The van der Waals surface area contributed by atoms with E-state index in [4.69, 9.17) is 4.74 Å². The molecule has 1 N–H and O–H groups in total. The zero-order valence-electron chi connectivity index (χ0n) is 13.4. The molecule has 0 aromatic heterocycles. The summed E-state index contributed by atoms with van der Waals surface area (Å²) >= 11 is 0. The lowest BCUT2D eigenvalue weighted by Crippen LogP contribution is -2.00. The van der Waals surface area contributed by atoms with Gasteiger partial charge in [-0.05, 0) is 31.0 Å². The van der Waals surface area contributed by atoms with E-state index in [9.17, 15) is 9.50 Å². The van der Waals surface area contributed by atoms with Crippen molar-refractivity contribution in [3.8, 4) is 5.75 Å². The topological polar surface area (TPSA) is 29.5 Å². The average molecular weight is 296 g/mol. The van der Waals surface area contributed by atoms with Gasteiger partial charge in [-0.2, -0.15) is 0 Å². The van der Waals surface area contributed by atoms with Crippen LogP contribution in [0.15, 0.2) is 18.2 Å². The molecular formula is C18H29FO2. The van der Waals surface area contributed by atoms with Crippen LogP contribution in [0.1, 0.15) is 76.9 Å². The number of aliphatic hydroxyl groups excluding tert-OH is 1. The van der Waals surface area contributed by atoms with Gasteiger partial charge in [-0.3, -0.25) is 0 Å². The van der Waals surface area contributed by atoms with Crippen molar-refractivity contribution in [1.82, 2.24) is 0 Å². The van der Waals surface area contributed by atoms with Gasteiger partial charge in [0.05, 0.1) is 12.7 Å². The number of unbranched alkanes of at least 4 members (excludes halogenated alkanes) is 7. The van der Waals surface area contributed by atoms with Gasteiger partial charge >= 0.3 is 0 Å². The standard InChI is InChI=1S/C18H29FO2/c1-3-4-5-6-7-8-9-10-13-21-18-12-11-16(15(2)20)14-17(18)19/h11-12,14-15,20H,3-10,13H2,1-2H3/t15-/m1/s1. The lowest BCUT2D eigenvalue weighted by atomic mass is 10.1. The quantitative estimate of drug-likeness (QED) is 0.554. The van der Waals surface area contributed by atoms with E-state index >= 15 is 0 Å². The molecule has 0 saturated heterocycles. The van der Waals surface area contributed by atoms with E-state index < -0.39 is 11.9 Å². The first kappa shape index (κ1) is 18.0. The van der Waals surface area contributed by atoms with Crippen molar-refractivity contribution in [2.24, 2.45) is 0 Å². The Kier molecular flexibility index (Phi) is 9.07. The molecule has 0 heterocycles. The van der Waals surface area contributed by atoms with Gasteiger partial charge in [0.15, 0.2) is 11.6 Å². The summed E-state index contributed by atoms with van der Waals surface area (Å²) in [4.78, 5) is 0. The van der Waals surface area contributed by atoms with Gasteiger partial charge in [-0.1, -0.05) is 57.9 Å². The Morgan fingerprint density at radius 3 is 2.24 bits per heavy atom. The van der Waals surface area contributed by atoms with Gasteiger partial charge in [0.25, 0.3) is 0 Å². The van der Waals surface area contributed by atoms with Gasteiger partial charge in [-0.15, -0.1) is 0 Å². The molecule has 1 atom stereocenters. The molecule has 1 aromatic carbocycles. The summed E-state index contributed by atoms with van der Waals surface area (Å²) in [6.45, 7) is 4.40. The largest absolute Gasteiger partial charge is 0.491 e. The molecule has 0 aliphatic carbocycles. The van der Waals surface area contributed by atoms with Crippen LogP contribution in [0.3, 0.4) is 0 Å². The Morgan fingerprint density at radius 1 is 1.05 bits per heavy atom. The fraction of sp³-hybridized carbons (Fsp3) is 0.667. The van der Waals surface area contributed by atoms with Gasteiger partial charge in [-0.25, -0.2) is 4.39 Å². The fourth-order valence-electron chi connectivity index (χ4n) is 2.31. The third kappa shape index (κ3) is 7.47. The maximum absolute atomic E-state index is 13.7. The summed E-state index contributed by atoms with van der Waals surface area (Å²) in [7, 11) is 0. The lowest BCUT2D eigenvalue weighted by molar-refractivity contribution is 0.198. The minimum Gasteiger partial charge on any atom is -0.491 e. The van der Waals surface area contributed by atoms with E-state index in [1.54, 1.807) is 19.1 Å². The van der Waals surface area contributed by atoms with Crippen molar-refractivity contribution in [2.75, 3.05) is 6.61 Å². The van der Waals surface area contributed by atoms with Crippen LogP contribution in [0.4, 0.5) is 4.39 Å². The number of hydrogen-bond donors (Lipinski definition) is 1. The highest BCUT2D eigenvalue weighted by Crippen LogP contribution is 2.22. The van der Waals surface area contributed by atoms with Crippen LogP contribution in [-0.2, 0) is 0 Å². The second-order valence-corrected chi connectivity index (χ2v) is 5.69. The molecule has 0 bridgehead atoms. The molecule has 0 aliphatic heterocycles. The number of ether oxygens (including phenoxy) is 1. The Hall–Kier alpha value is -1.09. The molecule has 0 fully saturated rings. The van der Waals surface area contributed by atoms with Gasteiger partial charge in [0.1, 0.15) is 0 Å². The fourth-order valence-corrected chi connectivity index (χ4v) is 2.31. The maximum Gasteiger partial charge on any atom is 0.165 e. The molecule has 1 aromatic rings. The van der Waals surface area contributed by atoms with Crippen LogP contribution in [-0.4, -0.2) is 11.7 Å². The monoisotopic (exact) mass is 296 g/mol. The summed E-state index contributed by atoms with van der Waals surface area (Å²) in [5, 5.41) is 9.38. The first-order valence-electron chi connectivity index (χ1n) is 8.25. The van der Waals surface area contributed by atoms with Gasteiger partial charge in [0, 0.05) is 0 Å². The van der Waals surface area contributed by atoms with Gasteiger partial charge < -0.3 is 9.84 Å². The molecule has 3 heteroatoms. The van der Waals surface area contributed by atoms with Crippen LogP contribution in [0, 0.1) is 5.82 Å². The number of aliphatic hydroxyl groups is 1. The van der Waals surface area contributed by atoms with Crippen molar-refractivity contribution in [3.63, 3.8) is 0 Å². The van der Waals surface area contributed by atoms with E-state index in [1.165, 1.54) is 44.6 Å². The van der Waals surface area contributed by atoms with E-state index in [2.05, 4.69) is 6.92 Å². The normalized spacial score (nSPS) is 12.4. The van der Waals surface area contributed by atoms with E-state index in [1.807, 2.05) is 0 Å². The Balaban J connectivity index is 2.13. The highest BCUT2D eigenvalue weighted by molar-refractivity contribution is 5.30. The molecule has 0 amide bonds. The van der Waals surface area contributed by atoms with Crippen molar-refractivity contribution in [2.45, 2.75) is 71.3 Å². The Bertz CT molecular complexity index is 391. The third-order valence-corrected chi connectivity index (χ3v) is 3.69. The Morgan fingerprint density at radius 2 is 1.67 bits per heavy atom. The molecule has 21 heavy (non-hydrogen) atoms. The second-order valence-electron chi connectivity index (χ2n) is 5.69. The predicted octanol–water partition coefficient (Wildman–Crippen LogP) is 5.40. The highest BCUT2D eigenvalue weighted by atomic mass is 19.1. The summed E-state index contributed by atoms with van der Waals surface area (Å²) < 4.78 is 19.2. The number of rotatable bonds is 11. The molecule has 0 aliphatic rings. The van der Waals surface area contributed by atoms with Crippen LogP contribution < -0.4 is 4.74 Å². The van der Waals surface area contributed by atoms with Crippen molar-refractivity contribution in [3.05, 3.63) is 29.6 Å². The van der Waals surface area contributed by atoms with Crippen molar-refractivity contribution in [1.29, 1.82) is 0 Å². The molecule has 2 nitrogen and oxygen atoms in total. The second kappa shape index (κ2) is 10.6. The number of benzene rings is 1. The maximum atomic E-state index is 13.7. The van der Waals surface area contributed by atoms with Crippen LogP contribution >= 0.6 is 0 Å². The predicted molar refractivity (Wildman–Crippen MR) is 85.1 cm³/mol. The summed E-state index contributed by atoms with van der Waals surface area (Å²) in [5.41, 5.74) is 0.576. The molecule has 0 radical (unpaired) electrons. The minimum atomic E-state index is -0.652. The first-order chi connectivity index (χ1) is 10.1.